The van der Waals surface area contributed by atoms with Gasteiger partial charge in [0.1, 0.15) is 72.5 Å². The number of unbranched alkanes of at least 4 members (excludes halogenated alkanes) is 4. The van der Waals surface area contributed by atoms with Gasteiger partial charge in [-0.25, -0.2) is 0 Å². The molecule has 22 N–H and O–H groups in total. The van der Waals surface area contributed by atoms with Crippen LogP contribution in [-0.4, -0.2) is 216 Å². The zero-order chi connectivity index (χ0) is 76.6. The fourth-order valence-corrected chi connectivity index (χ4v) is 11.0. The number of hydrogen-bond acceptors (Lipinski definition) is 19. The Morgan fingerprint density at radius 3 is 1.21 bits per heavy atom. The molecule has 15 atom stereocenters. The van der Waals surface area contributed by atoms with Gasteiger partial charge in [-0.2, -0.15) is 0 Å². The molecule has 34 nitrogen and oxygen atoms in total. The predicted molar refractivity (Wildman–Crippen MR) is 375 cm³/mol. The molecule has 101 heavy (non-hydrogen) atoms. The molecule has 0 spiro atoms. The fourth-order valence-electron chi connectivity index (χ4n) is 11.0. The quantitative estimate of drug-likeness (QED) is 0.0264. The highest BCUT2D eigenvalue weighted by molar-refractivity contribution is 6.00. The van der Waals surface area contributed by atoms with Gasteiger partial charge in [0.2, 0.25) is 88.6 Å². The van der Waals surface area contributed by atoms with Crippen molar-refractivity contribution in [2.24, 2.45) is 46.6 Å². The number of nitrogens with one attached hydrogen (secondary N) is 12. The monoisotopic (exact) mass is 1440 g/mol. The highest BCUT2D eigenvalue weighted by atomic mass is 16.3. The van der Waals surface area contributed by atoms with Crippen LogP contribution in [0.1, 0.15) is 198 Å². The van der Waals surface area contributed by atoms with Crippen LogP contribution >= 0.6 is 0 Å². The fraction of sp³-hybridized carbons (Fsp3) is 0.776. The number of carbonyl (C=O) groups is 15. The molecule has 34 heteroatoms. The third-order valence-electron chi connectivity index (χ3n) is 18.1. The predicted octanol–water partition coefficient (Wildman–Crippen LogP) is -3.39. The van der Waals surface area contributed by atoms with Gasteiger partial charge in [0.05, 0.1) is 19.8 Å². The van der Waals surface area contributed by atoms with Crippen molar-refractivity contribution in [2.75, 3.05) is 39.4 Å². The summed E-state index contributed by atoms with van der Waals surface area (Å²) in [5.41, 5.74) is 22.4. The maximum absolute atomic E-state index is 14.3. The van der Waals surface area contributed by atoms with Crippen molar-refractivity contribution in [3.63, 3.8) is 0 Å². The van der Waals surface area contributed by atoms with Gasteiger partial charge in [-0.05, 0) is 107 Å². The summed E-state index contributed by atoms with van der Waals surface area (Å²) in [6.07, 6.45) is 5.97. The van der Waals surface area contributed by atoms with Gasteiger partial charge in [0.25, 0.3) is 0 Å². The minimum atomic E-state index is -1.80. The van der Waals surface area contributed by atoms with E-state index < -0.39 is 211 Å². The van der Waals surface area contributed by atoms with E-state index in [0.717, 1.165) is 6.42 Å². The van der Waals surface area contributed by atoms with Crippen LogP contribution in [0.15, 0.2) is 0 Å². The van der Waals surface area contributed by atoms with Crippen molar-refractivity contribution < 1.29 is 82.1 Å². The number of nitrogens with zero attached hydrogens (tertiary/aromatic N) is 1. The number of primary amides is 2. The van der Waals surface area contributed by atoms with Crippen LogP contribution in [0.3, 0.4) is 0 Å². The average molecular weight is 1440 g/mol. The first-order valence-electron chi connectivity index (χ1n) is 35.8. The van der Waals surface area contributed by atoms with Gasteiger partial charge in [0, 0.05) is 19.9 Å². The molecular weight excluding hydrogens is 1310 g/mol. The molecule has 1 rings (SSSR count). The van der Waals surface area contributed by atoms with Crippen LogP contribution in [0.5, 0.6) is 0 Å². The third kappa shape index (κ3) is 32.2. The van der Waals surface area contributed by atoms with Crippen LogP contribution in [-0.2, 0) is 71.9 Å². The molecule has 0 aromatic rings. The number of aliphatic hydroxyl groups is 2. The first kappa shape index (κ1) is 90.9. The molecule has 0 aromatic carbocycles. The SMILES string of the molecule is CCCCC(NC(=O)[C@H](CCCCN)NC(=O)C(CCCC)NC(=O)[C@H](CO)NC(=O)[C@@H](NC(=O)CNC(=O)[C@@H](NC(=O)[C@H](CO)NC(=O)[C@H](CCC(N)=O)NC(=O)[C@@H](NC(=O)[C@@H](NC(=O)[C@H](CCCCN)NC(=O)[C@@H]1CCCN1C(C)=O)[C@@H](C)CC)[C@@H](C)CC)C(C)C)[C@@H](C)CC)C(N)=O. The lowest BCUT2D eigenvalue weighted by molar-refractivity contribution is -0.139. The van der Waals surface area contributed by atoms with Crippen molar-refractivity contribution in [3.8, 4) is 0 Å². The maximum atomic E-state index is 14.3. The summed E-state index contributed by atoms with van der Waals surface area (Å²) in [6, 6.07) is -15.8. The number of aliphatic hydroxyl groups excluding tert-OH is 2. The van der Waals surface area contributed by atoms with E-state index >= 15 is 0 Å². The van der Waals surface area contributed by atoms with Crippen LogP contribution in [0, 0.1) is 23.7 Å². The molecule has 0 aliphatic carbocycles. The second-order valence-electron chi connectivity index (χ2n) is 26.5. The van der Waals surface area contributed by atoms with Crippen LogP contribution in [0.4, 0.5) is 0 Å². The normalized spacial score (nSPS) is 16.9. The van der Waals surface area contributed by atoms with Gasteiger partial charge in [0.15, 0.2) is 0 Å². The molecule has 1 fully saturated rings. The zero-order valence-electron chi connectivity index (χ0n) is 61.2. The Morgan fingerprint density at radius 1 is 0.426 bits per heavy atom. The topological polar surface area (TPSA) is 548 Å². The summed E-state index contributed by atoms with van der Waals surface area (Å²) in [4.78, 5) is 205. The number of rotatable bonds is 51. The van der Waals surface area contributed by atoms with Crippen molar-refractivity contribution in [1.82, 2.24) is 68.7 Å². The second kappa shape index (κ2) is 48.7. The Morgan fingerprint density at radius 2 is 0.782 bits per heavy atom. The van der Waals surface area contributed by atoms with E-state index in [1.165, 1.54) is 25.7 Å². The maximum Gasteiger partial charge on any atom is 0.245 e. The smallest absolute Gasteiger partial charge is 0.245 e. The third-order valence-corrected chi connectivity index (χ3v) is 18.1. The molecule has 1 saturated heterocycles. The molecule has 1 heterocycles. The van der Waals surface area contributed by atoms with Gasteiger partial charge in [-0.15, -0.1) is 0 Å². The second-order valence-corrected chi connectivity index (χ2v) is 26.5. The van der Waals surface area contributed by atoms with E-state index in [9.17, 15) is 82.1 Å². The van der Waals surface area contributed by atoms with E-state index in [0.29, 0.717) is 96.7 Å². The summed E-state index contributed by atoms with van der Waals surface area (Å²) < 4.78 is 0. The largest absolute Gasteiger partial charge is 0.394 e. The number of likely N-dealkylation sites (tertiary alicyclic amines) is 1. The van der Waals surface area contributed by atoms with E-state index in [2.05, 4.69) is 63.8 Å². The first-order valence-corrected chi connectivity index (χ1v) is 35.8. The first-order chi connectivity index (χ1) is 47.7. The molecule has 0 radical (unpaired) electrons. The van der Waals surface area contributed by atoms with Crippen molar-refractivity contribution >= 4 is 88.6 Å². The average Bonchev–Trinajstić information content (AvgIpc) is 1.80. The Labute approximate surface area is 594 Å². The molecule has 1 aliphatic rings. The highest BCUT2D eigenvalue weighted by Crippen LogP contribution is 2.20. The molecule has 2 unspecified atom stereocenters. The van der Waals surface area contributed by atoms with Crippen molar-refractivity contribution in [3.05, 3.63) is 0 Å². The van der Waals surface area contributed by atoms with E-state index in [1.54, 1.807) is 41.5 Å². The van der Waals surface area contributed by atoms with Gasteiger partial charge < -0.3 is 102 Å². The van der Waals surface area contributed by atoms with Crippen molar-refractivity contribution in [2.45, 2.75) is 271 Å². The molecule has 0 bridgehead atoms. The van der Waals surface area contributed by atoms with E-state index in [4.69, 9.17) is 22.9 Å². The lowest BCUT2D eigenvalue weighted by Crippen LogP contribution is -2.62. The molecule has 15 amide bonds. The standard InChI is InChI=1S/C67H121N17O17/c1-12-17-24-42(56(71)90)73-57(91)44(26-19-21-31-68)74-58(92)43(25-18-13-2)75-61(95)47(35-85)79-65(99)53(38(8)14-3)80-51(89)34-72-64(98)52(37(6)7)81-62(96)48(36-86)78-59(93)46(29-30-50(70)88)77-66(100)54(39(9)15-4)83-67(101)55(40(10)16-5)82-60(94)45(27-20-22-32-69)76-63(97)49-28-23-33-84(49)41(11)87/h37-40,42-49,52-55,85-86H,12-36,68-69H2,1-11H3,(H2,70,88)(H2,71,90)(H,72,98)(H,73,91)(H,74,92)(H,75,95)(H,76,97)(H,77,100)(H,78,93)(H,79,99)(H,80,89)(H,81,96)(H,82,94)(H,83,101)/t38-,39-,40-,42?,43?,44-,45-,46-,47-,48-,49-,52-,53-,54-,55-/m0/s1. The molecule has 0 saturated carbocycles. The Hall–Kier alpha value is -8.11. The van der Waals surface area contributed by atoms with Gasteiger partial charge in [-0.3, -0.25) is 71.9 Å². The summed E-state index contributed by atoms with van der Waals surface area (Å²) in [5.74, 6) is -14.6. The molecule has 0 aromatic heterocycles. The lowest BCUT2D eigenvalue weighted by Gasteiger charge is -2.31. The van der Waals surface area contributed by atoms with Gasteiger partial charge in [-0.1, -0.05) is 114 Å². The van der Waals surface area contributed by atoms with E-state index in [1.807, 2.05) is 13.8 Å². The number of amides is 15. The minimum Gasteiger partial charge on any atom is -0.394 e. The van der Waals surface area contributed by atoms with Crippen molar-refractivity contribution in [1.29, 1.82) is 0 Å². The minimum absolute atomic E-state index is 0.0870. The Kier molecular flexibility index (Phi) is 43.8. The molecule has 1 aliphatic heterocycles. The highest BCUT2D eigenvalue weighted by Gasteiger charge is 2.40. The van der Waals surface area contributed by atoms with Crippen LogP contribution < -0.4 is 86.7 Å². The summed E-state index contributed by atoms with van der Waals surface area (Å²) in [6.45, 7) is 16.6. The Bertz CT molecular complexity index is 2730. The lowest BCUT2D eigenvalue weighted by atomic mass is 9.94. The zero-order valence-corrected chi connectivity index (χ0v) is 61.2. The van der Waals surface area contributed by atoms with Crippen LogP contribution in [0.25, 0.3) is 0 Å². The van der Waals surface area contributed by atoms with Gasteiger partial charge >= 0.3 is 0 Å². The summed E-state index contributed by atoms with van der Waals surface area (Å²) >= 11 is 0. The number of carbonyl (C=O) groups excluding carboxylic acids is 15. The van der Waals surface area contributed by atoms with Crippen LogP contribution in [0.2, 0.25) is 0 Å². The molecular formula is C67H121N17O17. The molecule has 576 valence electrons. The Balaban J connectivity index is 3.32. The number of nitrogens with two attached hydrogens (primary N) is 4. The summed E-state index contributed by atoms with van der Waals surface area (Å²) in [7, 11) is 0. The number of hydrogen-bond donors (Lipinski definition) is 18. The summed E-state index contributed by atoms with van der Waals surface area (Å²) in [5, 5.41) is 51.6. The van der Waals surface area contributed by atoms with E-state index in [-0.39, 0.29) is 31.6 Å².